The normalized spacial score (nSPS) is 11.0. The number of nitrogens with zero attached hydrogens (tertiary/aromatic N) is 1. The van der Waals surface area contributed by atoms with Crippen LogP contribution in [-0.4, -0.2) is 50.3 Å². The number of thiophene rings is 1. The minimum atomic E-state index is -3.51. The second kappa shape index (κ2) is 8.14. The van der Waals surface area contributed by atoms with E-state index in [9.17, 15) is 13.2 Å². The van der Waals surface area contributed by atoms with Gasteiger partial charge in [0.15, 0.2) is 0 Å². The van der Waals surface area contributed by atoms with Gasteiger partial charge in [0.2, 0.25) is 10.0 Å². The van der Waals surface area contributed by atoms with E-state index in [0.29, 0.717) is 0 Å². The Bertz CT molecular complexity index is 639. The summed E-state index contributed by atoms with van der Waals surface area (Å²) < 4.78 is 29.6. The third-order valence-corrected chi connectivity index (χ3v) is 5.33. The Balaban J connectivity index is 2.64. The van der Waals surface area contributed by atoms with Crippen LogP contribution in [0.4, 0.5) is 0 Å². The zero-order valence-electron chi connectivity index (χ0n) is 11.8. The maximum Gasteiger partial charge on any atom is 0.306 e. The molecule has 0 aliphatic heterocycles. The van der Waals surface area contributed by atoms with Crippen LogP contribution in [0.15, 0.2) is 11.4 Å². The third-order valence-electron chi connectivity index (χ3n) is 2.61. The highest BCUT2D eigenvalue weighted by molar-refractivity contribution is 7.89. The van der Waals surface area contributed by atoms with Gasteiger partial charge in [0.1, 0.15) is 6.61 Å². The van der Waals surface area contributed by atoms with Crippen molar-refractivity contribution in [3.63, 3.8) is 0 Å². The van der Waals surface area contributed by atoms with E-state index in [1.165, 1.54) is 29.8 Å². The minimum Gasteiger partial charge on any atom is -0.469 e. The first kappa shape index (κ1) is 17.7. The number of hydrogen-bond donors (Lipinski definition) is 1. The van der Waals surface area contributed by atoms with Crippen LogP contribution in [0.3, 0.4) is 0 Å². The molecule has 1 rings (SSSR count). The second-order valence-corrected chi connectivity index (χ2v) is 7.35. The van der Waals surface area contributed by atoms with E-state index in [0.717, 1.165) is 10.4 Å². The molecule has 116 valence electrons. The molecule has 6 nitrogen and oxygen atoms in total. The van der Waals surface area contributed by atoms with Gasteiger partial charge in [-0.05, 0) is 6.07 Å². The van der Waals surface area contributed by atoms with Gasteiger partial charge in [0, 0.05) is 29.4 Å². The van der Waals surface area contributed by atoms with Crippen LogP contribution in [0.25, 0.3) is 0 Å². The van der Waals surface area contributed by atoms with Crippen molar-refractivity contribution in [1.29, 1.82) is 0 Å². The van der Waals surface area contributed by atoms with Crippen molar-refractivity contribution in [2.24, 2.45) is 0 Å². The number of aliphatic hydroxyl groups is 1. The van der Waals surface area contributed by atoms with Crippen LogP contribution >= 0.6 is 11.3 Å². The predicted molar refractivity (Wildman–Crippen MR) is 80.2 cm³/mol. The lowest BCUT2D eigenvalue weighted by Crippen LogP contribution is -2.29. The molecule has 0 spiro atoms. The minimum absolute atomic E-state index is 0.166. The average Bonchev–Trinajstić information content (AvgIpc) is 2.90. The molecule has 0 radical (unpaired) electrons. The van der Waals surface area contributed by atoms with Gasteiger partial charge in [-0.2, -0.15) is 4.31 Å². The lowest BCUT2D eigenvalue weighted by Gasteiger charge is -2.15. The summed E-state index contributed by atoms with van der Waals surface area (Å²) >= 11 is 1.39. The summed E-state index contributed by atoms with van der Waals surface area (Å²) in [5.41, 5.74) is 0.740. The highest BCUT2D eigenvalue weighted by Crippen LogP contribution is 2.17. The van der Waals surface area contributed by atoms with Crippen molar-refractivity contribution in [2.45, 2.75) is 13.0 Å². The number of carbonyl (C=O) groups is 1. The SMILES string of the molecule is COC(=O)CCS(=O)(=O)N(C)Cc1cc(C#CCO)cs1. The van der Waals surface area contributed by atoms with Crippen LogP contribution in [0.1, 0.15) is 16.9 Å². The van der Waals surface area contributed by atoms with Crippen molar-refractivity contribution in [2.75, 3.05) is 26.5 Å². The van der Waals surface area contributed by atoms with Gasteiger partial charge in [-0.15, -0.1) is 11.3 Å². The zero-order valence-corrected chi connectivity index (χ0v) is 13.5. The molecule has 0 bridgehead atoms. The highest BCUT2D eigenvalue weighted by atomic mass is 32.2. The second-order valence-electron chi connectivity index (χ2n) is 4.16. The fourth-order valence-electron chi connectivity index (χ4n) is 1.46. The molecule has 0 unspecified atom stereocenters. The lowest BCUT2D eigenvalue weighted by molar-refractivity contribution is -0.140. The van der Waals surface area contributed by atoms with Crippen molar-refractivity contribution in [3.8, 4) is 11.8 Å². The summed E-state index contributed by atoms with van der Waals surface area (Å²) in [6, 6.07) is 1.78. The molecule has 0 saturated carbocycles. The first-order chi connectivity index (χ1) is 9.89. The van der Waals surface area contributed by atoms with Crippen LogP contribution < -0.4 is 0 Å². The van der Waals surface area contributed by atoms with E-state index in [4.69, 9.17) is 5.11 Å². The number of hydrogen-bond acceptors (Lipinski definition) is 6. The van der Waals surface area contributed by atoms with E-state index >= 15 is 0 Å². The maximum atomic E-state index is 12.0. The van der Waals surface area contributed by atoms with Crippen molar-refractivity contribution < 1.29 is 23.1 Å². The summed E-state index contributed by atoms with van der Waals surface area (Å²) in [6.45, 7) is 0.00195. The molecule has 1 N–H and O–H groups in total. The summed E-state index contributed by atoms with van der Waals surface area (Å²) in [5, 5.41) is 10.4. The molecule has 1 aromatic rings. The molecule has 1 heterocycles. The number of aliphatic hydroxyl groups excluding tert-OH is 1. The molecule has 0 saturated heterocycles. The van der Waals surface area contributed by atoms with Gasteiger partial charge < -0.3 is 9.84 Å². The van der Waals surface area contributed by atoms with E-state index in [-0.39, 0.29) is 25.3 Å². The Morgan fingerprint density at radius 3 is 2.86 bits per heavy atom. The van der Waals surface area contributed by atoms with Gasteiger partial charge >= 0.3 is 5.97 Å². The number of carbonyl (C=O) groups excluding carboxylic acids is 1. The smallest absolute Gasteiger partial charge is 0.306 e. The molecular formula is C13H17NO5S2. The van der Waals surface area contributed by atoms with Crippen molar-refractivity contribution in [3.05, 3.63) is 21.9 Å². The summed E-state index contributed by atoms with van der Waals surface area (Å²) in [6.07, 6.45) is -0.166. The molecule has 0 atom stereocenters. The van der Waals surface area contributed by atoms with Crippen LogP contribution in [0.2, 0.25) is 0 Å². The molecule has 0 aromatic carbocycles. The molecule has 1 aromatic heterocycles. The Morgan fingerprint density at radius 2 is 2.24 bits per heavy atom. The molecular weight excluding hydrogens is 314 g/mol. The monoisotopic (exact) mass is 331 g/mol. The maximum absolute atomic E-state index is 12.0. The van der Waals surface area contributed by atoms with Crippen molar-refractivity contribution >= 4 is 27.3 Å². The zero-order chi connectivity index (χ0) is 15.9. The van der Waals surface area contributed by atoms with E-state index in [1.807, 2.05) is 0 Å². The first-order valence-corrected chi connectivity index (χ1v) is 8.56. The number of sulfonamides is 1. The lowest BCUT2D eigenvalue weighted by atomic mass is 10.3. The predicted octanol–water partition coefficient (Wildman–Crippen LogP) is 0.417. The summed E-state index contributed by atoms with van der Waals surface area (Å²) in [5.74, 6) is 4.45. The Hall–Kier alpha value is -1.40. The standard InChI is InChI=1S/C13H17NO5S2/c1-14(21(17,18)7-5-13(16)19-2)9-12-8-11(10-20-12)4-3-6-15/h8,10,15H,5-7,9H2,1-2H3. The van der Waals surface area contributed by atoms with Gasteiger partial charge in [-0.3, -0.25) is 4.79 Å². The number of rotatable bonds is 6. The highest BCUT2D eigenvalue weighted by Gasteiger charge is 2.20. The first-order valence-electron chi connectivity index (χ1n) is 6.07. The van der Waals surface area contributed by atoms with Gasteiger partial charge in [-0.1, -0.05) is 11.8 Å². The number of ether oxygens (including phenoxy) is 1. The summed E-state index contributed by atoms with van der Waals surface area (Å²) in [7, 11) is -0.823. The van der Waals surface area contributed by atoms with E-state index in [1.54, 1.807) is 11.4 Å². The van der Waals surface area contributed by atoms with Crippen LogP contribution in [-0.2, 0) is 26.1 Å². The molecule has 0 amide bonds. The number of esters is 1. The van der Waals surface area contributed by atoms with E-state index in [2.05, 4.69) is 16.6 Å². The molecule has 0 aliphatic carbocycles. The fraction of sp³-hybridized carbons (Fsp3) is 0.462. The average molecular weight is 331 g/mol. The molecule has 0 fully saturated rings. The van der Waals surface area contributed by atoms with Crippen LogP contribution in [0, 0.1) is 11.8 Å². The molecule has 8 heteroatoms. The third kappa shape index (κ3) is 5.85. The fourth-order valence-corrected chi connectivity index (χ4v) is 3.48. The Labute approximate surface area is 128 Å². The van der Waals surface area contributed by atoms with Crippen LogP contribution in [0.5, 0.6) is 0 Å². The van der Waals surface area contributed by atoms with E-state index < -0.39 is 16.0 Å². The largest absolute Gasteiger partial charge is 0.469 e. The van der Waals surface area contributed by atoms with Crippen molar-refractivity contribution in [1.82, 2.24) is 4.31 Å². The van der Waals surface area contributed by atoms with Gasteiger partial charge in [0.05, 0.1) is 19.3 Å². The quantitative estimate of drug-likeness (QED) is 0.603. The molecule has 0 aliphatic rings. The Morgan fingerprint density at radius 1 is 1.52 bits per heavy atom. The van der Waals surface area contributed by atoms with Gasteiger partial charge in [0.25, 0.3) is 0 Å². The Kier molecular flexibility index (Phi) is 6.84. The number of methoxy groups -OCH3 is 1. The topological polar surface area (TPSA) is 83.9 Å². The summed E-state index contributed by atoms with van der Waals surface area (Å²) in [4.78, 5) is 11.8. The molecule has 21 heavy (non-hydrogen) atoms. The van der Waals surface area contributed by atoms with Gasteiger partial charge in [-0.25, -0.2) is 8.42 Å².